The Bertz CT molecular complexity index is 389. The molecule has 5 heteroatoms. The van der Waals surface area contributed by atoms with Crippen LogP contribution in [0.4, 0.5) is 4.39 Å². The van der Waals surface area contributed by atoms with Gasteiger partial charge in [0.25, 0.3) is 0 Å². The third-order valence-corrected chi connectivity index (χ3v) is 1.95. The normalized spacial score (nSPS) is 14.1. The van der Waals surface area contributed by atoms with Gasteiger partial charge < -0.3 is 14.9 Å². The van der Waals surface area contributed by atoms with Gasteiger partial charge in [0.1, 0.15) is 6.10 Å². The Morgan fingerprint density at radius 2 is 2.13 bits per heavy atom. The molecule has 0 saturated heterocycles. The van der Waals surface area contributed by atoms with E-state index in [1.165, 1.54) is 25.3 Å². The van der Waals surface area contributed by atoms with Crippen LogP contribution in [-0.2, 0) is 0 Å². The number of rotatable bonds is 3. The number of aliphatic hydroxyl groups is 2. The van der Waals surface area contributed by atoms with E-state index in [-0.39, 0.29) is 11.3 Å². The van der Waals surface area contributed by atoms with E-state index >= 15 is 0 Å². The average Bonchev–Trinajstić information content (AvgIpc) is 2.27. The van der Waals surface area contributed by atoms with Crippen LogP contribution in [0.1, 0.15) is 11.7 Å². The van der Waals surface area contributed by atoms with E-state index in [2.05, 4.69) is 0 Å². The van der Waals surface area contributed by atoms with Gasteiger partial charge in [0.15, 0.2) is 17.7 Å². The molecule has 80 valence electrons. The molecule has 0 spiro atoms. The number of halogens is 1. The highest BCUT2D eigenvalue weighted by Gasteiger charge is 2.18. The predicted octanol–water partition coefficient (Wildman–Crippen LogP) is 0.752. The van der Waals surface area contributed by atoms with E-state index in [1.54, 1.807) is 0 Å². The van der Waals surface area contributed by atoms with Gasteiger partial charge in [-0.25, -0.2) is 4.39 Å². The fourth-order valence-corrected chi connectivity index (χ4v) is 1.11. The van der Waals surface area contributed by atoms with Crippen LogP contribution in [0, 0.1) is 17.1 Å². The summed E-state index contributed by atoms with van der Waals surface area (Å²) < 4.78 is 17.7. The van der Waals surface area contributed by atoms with E-state index in [0.717, 1.165) is 6.07 Å². The number of hydrogen-bond acceptors (Lipinski definition) is 4. The van der Waals surface area contributed by atoms with E-state index < -0.39 is 18.0 Å². The van der Waals surface area contributed by atoms with Crippen molar-refractivity contribution in [2.45, 2.75) is 12.2 Å². The molecule has 4 nitrogen and oxygen atoms in total. The highest BCUT2D eigenvalue weighted by Crippen LogP contribution is 2.24. The highest BCUT2D eigenvalue weighted by atomic mass is 19.1. The molecule has 0 aliphatic rings. The molecule has 0 radical (unpaired) electrons. The van der Waals surface area contributed by atoms with Gasteiger partial charge in [-0.15, -0.1) is 0 Å². The van der Waals surface area contributed by atoms with Crippen molar-refractivity contribution in [3.63, 3.8) is 0 Å². The van der Waals surface area contributed by atoms with Crippen LogP contribution in [-0.4, -0.2) is 23.4 Å². The average molecular weight is 211 g/mol. The van der Waals surface area contributed by atoms with Gasteiger partial charge in [-0.05, 0) is 17.7 Å². The molecule has 0 aliphatic heterocycles. The number of benzene rings is 1. The fraction of sp³-hybridized carbons (Fsp3) is 0.300. The van der Waals surface area contributed by atoms with Crippen molar-refractivity contribution in [1.82, 2.24) is 0 Å². The summed E-state index contributed by atoms with van der Waals surface area (Å²) in [5.74, 6) is -0.614. The molecule has 15 heavy (non-hydrogen) atoms. The first-order valence-electron chi connectivity index (χ1n) is 4.19. The minimum Gasteiger partial charge on any atom is -0.494 e. The Morgan fingerprint density at radius 1 is 1.47 bits per heavy atom. The summed E-state index contributed by atoms with van der Waals surface area (Å²) in [6.45, 7) is 0. The van der Waals surface area contributed by atoms with E-state index in [0.29, 0.717) is 0 Å². The first-order valence-corrected chi connectivity index (χ1v) is 4.19. The molecule has 2 unspecified atom stereocenters. The molecule has 2 N–H and O–H groups in total. The summed E-state index contributed by atoms with van der Waals surface area (Å²) in [7, 11) is 1.29. The summed E-state index contributed by atoms with van der Waals surface area (Å²) in [5, 5.41) is 26.9. The van der Waals surface area contributed by atoms with Crippen LogP contribution >= 0.6 is 0 Å². The fourth-order valence-electron chi connectivity index (χ4n) is 1.11. The number of methoxy groups -OCH3 is 1. The van der Waals surface area contributed by atoms with E-state index in [9.17, 15) is 9.50 Å². The zero-order chi connectivity index (χ0) is 11.4. The molecule has 1 aromatic rings. The number of ether oxygens (including phenoxy) is 1. The van der Waals surface area contributed by atoms with Gasteiger partial charge in [0.2, 0.25) is 0 Å². The van der Waals surface area contributed by atoms with Gasteiger partial charge in [-0.1, -0.05) is 6.07 Å². The second kappa shape index (κ2) is 4.73. The van der Waals surface area contributed by atoms with Crippen molar-refractivity contribution in [3.05, 3.63) is 29.6 Å². The van der Waals surface area contributed by atoms with Crippen molar-refractivity contribution < 1.29 is 19.3 Å². The Labute approximate surface area is 86.2 Å². The van der Waals surface area contributed by atoms with Crippen LogP contribution in [0.2, 0.25) is 0 Å². The lowest BCUT2D eigenvalue weighted by molar-refractivity contribution is 0.0526. The number of nitrogens with zero attached hydrogens (tertiary/aromatic N) is 1. The first kappa shape index (κ1) is 11.4. The maximum absolute atomic E-state index is 13.0. The Hall–Kier alpha value is -1.64. The van der Waals surface area contributed by atoms with Crippen molar-refractivity contribution in [3.8, 4) is 11.8 Å². The maximum atomic E-state index is 13.0. The molecule has 1 rings (SSSR count). The number of aliphatic hydroxyl groups excluding tert-OH is 2. The van der Waals surface area contributed by atoms with Crippen molar-refractivity contribution in [2.75, 3.05) is 7.11 Å². The minimum atomic E-state index is -1.54. The van der Waals surface area contributed by atoms with Crippen LogP contribution < -0.4 is 4.74 Å². The molecule has 1 aromatic carbocycles. The molecule has 0 saturated carbocycles. The lowest BCUT2D eigenvalue weighted by atomic mass is 10.0. The summed E-state index contributed by atoms with van der Waals surface area (Å²) in [6.07, 6.45) is -2.91. The maximum Gasteiger partial charge on any atom is 0.170 e. The lowest BCUT2D eigenvalue weighted by Gasteiger charge is -2.13. The minimum absolute atomic E-state index is 0.0447. The molecule has 0 amide bonds. The third-order valence-electron chi connectivity index (χ3n) is 1.95. The molecule has 0 bridgehead atoms. The van der Waals surface area contributed by atoms with Crippen molar-refractivity contribution in [1.29, 1.82) is 5.26 Å². The second-order valence-electron chi connectivity index (χ2n) is 2.91. The number of hydrogen-bond donors (Lipinski definition) is 2. The standard InChI is InChI=1S/C10H10FNO3/c1-15-9-4-6(2-3-7(9)11)10(14)8(13)5-12/h2-4,8,10,13-14H,1H3. The van der Waals surface area contributed by atoms with E-state index in [1.807, 2.05) is 0 Å². The zero-order valence-corrected chi connectivity index (χ0v) is 8.01. The monoisotopic (exact) mass is 211 g/mol. The van der Waals surface area contributed by atoms with Gasteiger partial charge in [0.05, 0.1) is 13.2 Å². The van der Waals surface area contributed by atoms with Crippen LogP contribution in [0.15, 0.2) is 18.2 Å². The summed E-state index contributed by atoms with van der Waals surface area (Å²) in [5.41, 5.74) is 0.224. The predicted molar refractivity (Wildman–Crippen MR) is 49.5 cm³/mol. The Morgan fingerprint density at radius 3 is 2.67 bits per heavy atom. The SMILES string of the molecule is COc1cc(C(O)C(O)C#N)ccc1F. The summed E-state index contributed by atoms with van der Waals surface area (Å²) >= 11 is 0. The topological polar surface area (TPSA) is 73.5 Å². The van der Waals surface area contributed by atoms with Crippen molar-refractivity contribution >= 4 is 0 Å². The van der Waals surface area contributed by atoms with Gasteiger partial charge in [-0.3, -0.25) is 0 Å². The quantitative estimate of drug-likeness (QED) is 0.723. The smallest absolute Gasteiger partial charge is 0.170 e. The molecule has 0 fully saturated rings. The summed E-state index contributed by atoms with van der Waals surface area (Å²) in [6, 6.07) is 5.10. The molecule has 0 aliphatic carbocycles. The van der Waals surface area contributed by atoms with Gasteiger partial charge >= 0.3 is 0 Å². The zero-order valence-electron chi connectivity index (χ0n) is 8.01. The molecular formula is C10H10FNO3. The largest absolute Gasteiger partial charge is 0.494 e. The van der Waals surface area contributed by atoms with Crippen molar-refractivity contribution in [2.24, 2.45) is 0 Å². The van der Waals surface area contributed by atoms with Crippen LogP contribution in [0.25, 0.3) is 0 Å². The Kier molecular flexibility index (Phi) is 3.61. The Balaban J connectivity index is 3.01. The molecule has 2 atom stereocenters. The molecular weight excluding hydrogens is 201 g/mol. The van der Waals surface area contributed by atoms with Crippen LogP contribution in [0.5, 0.6) is 5.75 Å². The molecule has 0 aromatic heterocycles. The second-order valence-corrected chi connectivity index (χ2v) is 2.91. The number of nitriles is 1. The lowest BCUT2D eigenvalue weighted by Crippen LogP contribution is -2.15. The third kappa shape index (κ3) is 2.43. The highest BCUT2D eigenvalue weighted by molar-refractivity contribution is 5.32. The van der Waals surface area contributed by atoms with Gasteiger partial charge in [-0.2, -0.15) is 5.26 Å². The van der Waals surface area contributed by atoms with E-state index in [4.69, 9.17) is 15.1 Å². The van der Waals surface area contributed by atoms with Gasteiger partial charge in [0, 0.05) is 0 Å². The first-order chi connectivity index (χ1) is 7.10. The molecule has 0 heterocycles. The summed E-state index contributed by atoms with van der Waals surface area (Å²) in [4.78, 5) is 0. The van der Waals surface area contributed by atoms with Crippen LogP contribution in [0.3, 0.4) is 0 Å².